The minimum Gasteiger partial charge on any atom is -0.452 e. The van der Waals surface area contributed by atoms with E-state index in [1.807, 2.05) is 13.8 Å². The number of hydrogen-bond donors (Lipinski definition) is 1. The highest BCUT2D eigenvalue weighted by Gasteiger charge is 2.16. The molecule has 1 saturated heterocycles. The molecule has 0 radical (unpaired) electrons. The van der Waals surface area contributed by atoms with E-state index < -0.39 is 18.5 Å². The monoisotopic (exact) mass is 440 g/mol. The van der Waals surface area contributed by atoms with Gasteiger partial charge in [-0.25, -0.2) is 9.78 Å². The first-order valence-electron chi connectivity index (χ1n) is 10.7. The Bertz CT molecular complexity index is 920. The Morgan fingerprint density at radius 3 is 2.28 bits per heavy atom. The van der Waals surface area contributed by atoms with Crippen LogP contribution >= 0.6 is 0 Å². The summed E-state index contributed by atoms with van der Waals surface area (Å²) >= 11 is 0. The lowest BCUT2D eigenvalue weighted by molar-refractivity contribution is -0.119. The lowest BCUT2D eigenvalue weighted by atomic mass is 10.2. The largest absolute Gasteiger partial charge is 0.452 e. The Kier molecular flexibility index (Phi) is 8.15. The van der Waals surface area contributed by atoms with Crippen molar-refractivity contribution < 1.29 is 23.9 Å². The van der Waals surface area contributed by atoms with Crippen molar-refractivity contribution in [2.45, 2.75) is 13.8 Å². The van der Waals surface area contributed by atoms with Crippen LogP contribution in [0.3, 0.4) is 0 Å². The van der Waals surface area contributed by atoms with E-state index in [4.69, 9.17) is 9.47 Å². The second kappa shape index (κ2) is 11.2. The van der Waals surface area contributed by atoms with Crippen LogP contribution in [-0.4, -0.2) is 73.7 Å². The average Bonchev–Trinajstić information content (AvgIpc) is 2.84. The summed E-state index contributed by atoms with van der Waals surface area (Å²) in [5.74, 6) is -0.388. The summed E-state index contributed by atoms with van der Waals surface area (Å²) < 4.78 is 10.4. The number of ether oxygens (including phenoxy) is 2. The molecule has 1 aliphatic heterocycles. The Morgan fingerprint density at radius 2 is 1.69 bits per heavy atom. The number of pyridine rings is 1. The first kappa shape index (κ1) is 23.2. The number of aromatic nitrogens is 1. The van der Waals surface area contributed by atoms with Gasteiger partial charge in [-0.2, -0.15) is 0 Å². The lowest BCUT2D eigenvalue weighted by Crippen LogP contribution is -2.36. The van der Waals surface area contributed by atoms with Crippen LogP contribution in [0.1, 0.15) is 34.6 Å². The molecule has 0 unspecified atom stereocenters. The van der Waals surface area contributed by atoms with Gasteiger partial charge in [0.15, 0.2) is 6.61 Å². The van der Waals surface area contributed by atoms with Gasteiger partial charge < -0.3 is 24.6 Å². The third-order valence-corrected chi connectivity index (χ3v) is 5.12. The Balaban J connectivity index is 1.48. The first-order valence-corrected chi connectivity index (χ1v) is 10.7. The van der Waals surface area contributed by atoms with Gasteiger partial charge in [0.05, 0.1) is 18.8 Å². The maximum absolute atomic E-state index is 12.3. The van der Waals surface area contributed by atoms with Crippen LogP contribution in [-0.2, 0) is 14.3 Å². The zero-order valence-corrected chi connectivity index (χ0v) is 18.4. The molecule has 0 bridgehead atoms. The summed E-state index contributed by atoms with van der Waals surface area (Å²) in [4.78, 5) is 44.8. The molecular formula is C23H28N4O5. The summed E-state index contributed by atoms with van der Waals surface area (Å²) in [7, 11) is 0. The van der Waals surface area contributed by atoms with Gasteiger partial charge >= 0.3 is 5.97 Å². The van der Waals surface area contributed by atoms with E-state index in [0.717, 1.165) is 18.9 Å². The SMILES string of the molecule is CCN(CC)C(=O)c1ccc(NC(=O)COC(=O)c2ccc(N3CCOCC3)nc2)cc1. The van der Waals surface area contributed by atoms with Gasteiger partial charge in [0, 0.05) is 43.6 Å². The highest BCUT2D eigenvalue weighted by molar-refractivity contribution is 5.97. The van der Waals surface area contributed by atoms with E-state index in [2.05, 4.69) is 15.2 Å². The van der Waals surface area contributed by atoms with E-state index in [0.29, 0.717) is 37.6 Å². The van der Waals surface area contributed by atoms with Crippen LogP contribution in [0.4, 0.5) is 11.5 Å². The van der Waals surface area contributed by atoms with Crippen LogP contribution in [0.25, 0.3) is 0 Å². The lowest BCUT2D eigenvalue weighted by Gasteiger charge is -2.27. The second-order valence-corrected chi connectivity index (χ2v) is 7.18. The van der Waals surface area contributed by atoms with Gasteiger partial charge in [-0.1, -0.05) is 0 Å². The molecule has 0 aliphatic carbocycles. The summed E-state index contributed by atoms with van der Waals surface area (Å²) in [5, 5.41) is 2.65. The van der Waals surface area contributed by atoms with Crippen LogP contribution in [0.5, 0.6) is 0 Å². The number of carbonyl (C=O) groups excluding carboxylic acids is 3. The molecule has 1 aromatic heterocycles. The molecule has 3 rings (SSSR count). The van der Waals surface area contributed by atoms with Crippen molar-refractivity contribution in [3.05, 3.63) is 53.7 Å². The van der Waals surface area contributed by atoms with Gasteiger partial charge in [-0.05, 0) is 50.2 Å². The number of nitrogens with zero attached hydrogens (tertiary/aromatic N) is 3. The van der Waals surface area contributed by atoms with Gasteiger partial charge in [-0.15, -0.1) is 0 Å². The summed E-state index contributed by atoms with van der Waals surface area (Å²) in [6.45, 7) is 7.48. The topological polar surface area (TPSA) is 101 Å². The minimum absolute atomic E-state index is 0.0601. The second-order valence-electron chi connectivity index (χ2n) is 7.18. The fourth-order valence-electron chi connectivity index (χ4n) is 3.29. The zero-order chi connectivity index (χ0) is 22.9. The quantitative estimate of drug-likeness (QED) is 0.628. The number of carbonyl (C=O) groups is 3. The molecule has 9 heteroatoms. The molecule has 1 aromatic carbocycles. The van der Waals surface area contributed by atoms with Crippen molar-refractivity contribution in [2.24, 2.45) is 0 Å². The number of benzene rings is 1. The van der Waals surface area contributed by atoms with E-state index in [1.54, 1.807) is 41.3 Å². The first-order chi connectivity index (χ1) is 15.5. The molecule has 0 saturated carbocycles. The van der Waals surface area contributed by atoms with Gasteiger partial charge in [0.25, 0.3) is 11.8 Å². The highest BCUT2D eigenvalue weighted by atomic mass is 16.5. The van der Waals surface area contributed by atoms with Crippen LogP contribution in [0.15, 0.2) is 42.6 Å². The van der Waals surface area contributed by atoms with Crippen molar-refractivity contribution in [3.63, 3.8) is 0 Å². The fourth-order valence-corrected chi connectivity index (χ4v) is 3.29. The number of anilines is 2. The number of nitrogens with one attached hydrogen (secondary N) is 1. The van der Waals surface area contributed by atoms with Gasteiger partial charge in [0.2, 0.25) is 0 Å². The molecule has 1 N–H and O–H groups in total. The number of amides is 2. The van der Waals surface area contributed by atoms with Crippen molar-refractivity contribution in [3.8, 4) is 0 Å². The molecule has 0 spiro atoms. The number of hydrogen-bond acceptors (Lipinski definition) is 7. The predicted molar refractivity (Wildman–Crippen MR) is 120 cm³/mol. The van der Waals surface area contributed by atoms with Crippen LogP contribution < -0.4 is 10.2 Å². The molecule has 1 aliphatic rings. The van der Waals surface area contributed by atoms with Gasteiger partial charge in [-0.3, -0.25) is 9.59 Å². The molecule has 1 fully saturated rings. The average molecular weight is 441 g/mol. The smallest absolute Gasteiger partial charge is 0.340 e. The standard InChI is InChI=1S/C23H28N4O5/c1-3-26(4-2)22(29)17-5-8-19(9-6-17)25-21(28)16-32-23(30)18-7-10-20(24-15-18)27-11-13-31-14-12-27/h5-10,15H,3-4,11-14,16H2,1-2H3,(H,25,28). The molecule has 9 nitrogen and oxygen atoms in total. The number of rotatable bonds is 8. The maximum atomic E-state index is 12.3. The Labute approximate surface area is 187 Å². The normalized spacial score (nSPS) is 13.4. The predicted octanol–water partition coefficient (Wildman–Crippen LogP) is 2.20. The van der Waals surface area contributed by atoms with Crippen molar-refractivity contribution >= 4 is 29.3 Å². The molecule has 2 heterocycles. The van der Waals surface area contributed by atoms with Crippen molar-refractivity contribution in [1.82, 2.24) is 9.88 Å². The minimum atomic E-state index is -0.624. The van der Waals surface area contributed by atoms with Crippen LogP contribution in [0.2, 0.25) is 0 Å². The molecule has 170 valence electrons. The Hall–Kier alpha value is -3.46. The summed E-state index contributed by atoms with van der Waals surface area (Å²) in [6, 6.07) is 9.98. The molecule has 2 aromatic rings. The number of morpholine rings is 1. The summed E-state index contributed by atoms with van der Waals surface area (Å²) in [5.41, 5.74) is 1.33. The maximum Gasteiger partial charge on any atom is 0.340 e. The van der Waals surface area contributed by atoms with E-state index in [9.17, 15) is 14.4 Å². The van der Waals surface area contributed by atoms with E-state index >= 15 is 0 Å². The number of esters is 1. The van der Waals surface area contributed by atoms with Crippen LogP contribution in [0, 0.1) is 0 Å². The Morgan fingerprint density at radius 1 is 1.03 bits per heavy atom. The third kappa shape index (κ3) is 6.04. The zero-order valence-electron chi connectivity index (χ0n) is 18.4. The van der Waals surface area contributed by atoms with E-state index in [1.165, 1.54) is 6.20 Å². The molecule has 0 atom stereocenters. The molecule has 2 amide bonds. The highest BCUT2D eigenvalue weighted by Crippen LogP contribution is 2.14. The van der Waals surface area contributed by atoms with Crippen molar-refractivity contribution in [2.75, 3.05) is 56.2 Å². The molecule has 32 heavy (non-hydrogen) atoms. The van der Waals surface area contributed by atoms with Crippen molar-refractivity contribution in [1.29, 1.82) is 0 Å². The van der Waals surface area contributed by atoms with E-state index in [-0.39, 0.29) is 11.5 Å². The summed E-state index contributed by atoms with van der Waals surface area (Å²) in [6.07, 6.45) is 1.44. The fraction of sp³-hybridized carbons (Fsp3) is 0.391. The molecular weight excluding hydrogens is 412 g/mol. The third-order valence-electron chi connectivity index (χ3n) is 5.12. The van der Waals surface area contributed by atoms with Gasteiger partial charge in [0.1, 0.15) is 5.82 Å².